The predicted octanol–water partition coefficient (Wildman–Crippen LogP) is 4.38. The summed E-state index contributed by atoms with van der Waals surface area (Å²) >= 11 is 5.86. The van der Waals surface area contributed by atoms with Crippen LogP contribution in [0.25, 0.3) is 0 Å². The van der Waals surface area contributed by atoms with Crippen LogP contribution in [0.5, 0.6) is 11.8 Å². The Balaban J connectivity index is 1.73. The van der Waals surface area contributed by atoms with Crippen LogP contribution in [0.1, 0.15) is 17.1 Å². The van der Waals surface area contributed by atoms with Crippen molar-refractivity contribution in [1.82, 2.24) is 19.9 Å². The maximum Gasteiger partial charge on any atom is 0.322 e. The molecule has 3 rings (SSSR count). The Labute approximate surface area is 144 Å². The number of halogens is 1. The van der Waals surface area contributed by atoms with Crippen LogP contribution in [0.2, 0.25) is 5.28 Å². The molecule has 122 valence electrons. The van der Waals surface area contributed by atoms with Crippen LogP contribution in [0.4, 0.5) is 11.5 Å². The number of aryl methyl sites for hydroxylation is 3. The van der Waals surface area contributed by atoms with E-state index in [9.17, 15) is 0 Å². The Kier molecular flexibility index (Phi) is 4.57. The summed E-state index contributed by atoms with van der Waals surface area (Å²) in [6.07, 6.45) is 0. The van der Waals surface area contributed by atoms with Crippen molar-refractivity contribution in [3.05, 3.63) is 58.8 Å². The van der Waals surface area contributed by atoms with Gasteiger partial charge in [-0.05, 0) is 62.7 Å². The summed E-state index contributed by atoms with van der Waals surface area (Å²) in [7, 11) is 0. The summed E-state index contributed by atoms with van der Waals surface area (Å²) in [4.78, 5) is 16.7. The Morgan fingerprint density at radius 3 is 2.08 bits per heavy atom. The molecule has 6 nitrogen and oxygen atoms in total. The van der Waals surface area contributed by atoms with E-state index in [1.807, 2.05) is 57.2 Å². The summed E-state index contributed by atoms with van der Waals surface area (Å²) in [6.45, 7) is 5.67. The van der Waals surface area contributed by atoms with E-state index >= 15 is 0 Å². The molecule has 7 heteroatoms. The Morgan fingerprint density at radius 2 is 1.46 bits per heavy atom. The molecule has 2 heterocycles. The molecule has 0 aliphatic rings. The predicted molar refractivity (Wildman–Crippen MR) is 93.1 cm³/mol. The van der Waals surface area contributed by atoms with Gasteiger partial charge in [0.05, 0.1) is 0 Å². The second-order valence-corrected chi connectivity index (χ2v) is 5.69. The quantitative estimate of drug-likeness (QED) is 0.710. The van der Waals surface area contributed by atoms with Crippen molar-refractivity contribution in [2.75, 3.05) is 5.32 Å². The van der Waals surface area contributed by atoms with Gasteiger partial charge in [-0.25, -0.2) is 19.9 Å². The summed E-state index contributed by atoms with van der Waals surface area (Å²) in [6, 6.07) is 11.5. The summed E-state index contributed by atoms with van der Waals surface area (Å²) in [5.41, 5.74) is 3.39. The van der Waals surface area contributed by atoms with Gasteiger partial charge in [-0.15, -0.1) is 0 Å². The third-order valence-electron chi connectivity index (χ3n) is 3.12. The molecule has 0 unspecified atom stereocenters. The van der Waals surface area contributed by atoms with Crippen molar-refractivity contribution in [3.8, 4) is 11.8 Å². The van der Waals surface area contributed by atoms with E-state index in [0.717, 1.165) is 22.8 Å². The monoisotopic (exact) mass is 341 g/mol. The van der Waals surface area contributed by atoms with Gasteiger partial charge in [0.15, 0.2) is 0 Å². The molecule has 0 bridgehead atoms. The van der Waals surface area contributed by atoms with E-state index in [1.165, 1.54) is 0 Å². The molecule has 0 saturated heterocycles. The fraction of sp³-hybridized carbons (Fsp3) is 0.176. The lowest BCUT2D eigenvalue weighted by molar-refractivity contribution is 0.439. The van der Waals surface area contributed by atoms with Gasteiger partial charge in [-0.3, -0.25) is 0 Å². The highest BCUT2D eigenvalue weighted by molar-refractivity contribution is 6.28. The van der Waals surface area contributed by atoms with Crippen molar-refractivity contribution >= 4 is 23.1 Å². The molecule has 0 spiro atoms. The lowest BCUT2D eigenvalue weighted by Crippen LogP contribution is -1.97. The summed E-state index contributed by atoms with van der Waals surface area (Å²) in [5.74, 6) is 1.29. The molecule has 2 aromatic heterocycles. The number of ether oxygens (including phenoxy) is 1. The first-order chi connectivity index (χ1) is 11.5. The SMILES string of the molecule is Cc1cc(Nc2ccc(Oc3nc(C)cc(C)n3)cc2)nc(Cl)n1. The zero-order chi connectivity index (χ0) is 17.1. The number of rotatable bonds is 4. The number of hydrogen-bond donors (Lipinski definition) is 1. The van der Waals surface area contributed by atoms with Gasteiger partial charge >= 0.3 is 6.01 Å². The van der Waals surface area contributed by atoms with Crippen molar-refractivity contribution in [3.63, 3.8) is 0 Å². The molecule has 0 saturated carbocycles. The maximum atomic E-state index is 5.86. The van der Waals surface area contributed by atoms with Gasteiger partial charge in [-0.1, -0.05) is 0 Å². The Bertz CT molecular complexity index is 754. The number of nitrogens with one attached hydrogen (secondary N) is 1. The molecule has 0 radical (unpaired) electrons. The van der Waals surface area contributed by atoms with Gasteiger partial charge in [0.2, 0.25) is 5.28 Å². The van der Waals surface area contributed by atoms with Crippen LogP contribution in [0, 0.1) is 20.8 Å². The van der Waals surface area contributed by atoms with Crippen molar-refractivity contribution in [2.24, 2.45) is 0 Å². The standard InChI is InChI=1S/C17H16ClN5O/c1-10-8-11(2)21-17(20-10)24-14-6-4-13(5-7-14)22-15-9-12(3)19-16(18)23-15/h4-9H,1-3H3,(H,19,22,23). The zero-order valence-electron chi connectivity index (χ0n) is 13.5. The van der Waals surface area contributed by atoms with Crippen molar-refractivity contribution < 1.29 is 4.74 Å². The normalized spacial score (nSPS) is 10.5. The minimum absolute atomic E-state index is 0.212. The lowest BCUT2D eigenvalue weighted by Gasteiger charge is -2.08. The summed E-state index contributed by atoms with van der Waals surface area (Å²) < 4.78 is 5.69. The van der Waals surface area contributed by atoms with E-state index in [1.54, 1.807) is 0 Å². The van der Waals surface area contributed by atoms with Crippen LogP contribution < -0.4 is 10.1 Å². The molecule has 0 atom stereocenters. The maximum absolute atomic E-state index is 5.86. The largest absolute Gasteiger partial charge is 0.424 e. The zero-order valence-corrected chi connectivity index (χ0v) is 14.3. The second kappa shape index (κ2) is 6.80. The Hall–Kier alpha value is -2.73. The van der Waals surface area contributed by atoms with Gasteiger partial charge in [0, 0.05) is 28.8 Å². The minimum Gasteiger partial charge on any atom is -0.424 e. The Morgan fingerprint density at radius 1 is 0.833 bits per heavy atom. The smallest absolute Gasteiger partial charge is 0.322 e. The average molecular weight is 342 g/mol. The first-order valence-electron chi connectivity index (χ1n) is 7.36. The number of nitrogens with zero attached hydrogens (tertiary/aromatic N) is 4. The van der Waals surface area contributed by atoms with E-state index in [-0.39, 0.29) is 5.28 Å². The van der Waals surface area contributed by atoms with Gasteiger partial charge in [0.25, 0.3) is 0 Å². The fourth-order valence-electron chi connectivity index (χ4n) is 2.20. The molecule has 24 heavy (non-hydrogen) atoms. The fourth-order valence-corrected chi connectivity index (χ4v) is 2.42. The number of benzene rings is 1. The third-order valence-corrected chi connectivity index (χ3v) is 3.29. The number of hydrogen-bond acceptors (Lipinski definition) is 6. The van der Waals surface area contributed by atoms with E-state index in [4.69, 9.17) is 16.3 Å². The number of anilines is 2. The minimum atomic E-state index is 0.212. The van der Waals surface area contributed by atoms with Crippen LogP contribution in [0.15, 0.2) is 36.4 Å². The summed E-state index contributed by atoms with van der Waals surface area (Å²) in [5, 5.41) is 3.38. The van der Waals surface area contributed by atoms with Crippen LogP contribution in [-0.2, 0) is 0 Å². The molecule has 1 aromatic carbocycles. The van der Waals surface area contributed by atoms with Crippen LogP contribution in [0.3, 0.4) is 0 Å². The molecule has 0 aliphatic heterocycles. The molecule has 0 amide bonds. The van der Waals surface area contributed by atoms with Gasteiger partial charge in [-0.2, -0.15) is 0 Å². The third kappa shape index (κ3) is 4.17. The lowest BCUT2D eigenvalue weighted by atomic mass is 10.3. The average Bonchev–Trinajstić information content (AvgIpc) is 2.47. The van der Waals surface area contributed by atoms with Gasteiger partial charge in [0.1, 0.15) is 11.6 Å². The van der Waals surface area contributed by atoms with Crippen molar-refractivity contribution in [2.45, 2.75) is 20.8 Å². The molecular weight excluding hydrogens is 326 g/mol. The van der Waals surface area contributed by atoms with Crippen LogP contribution >= 0.6 is 11.6 Å². The number of aromatic nitrogens is 4. The molecule has 0 aliphatic carbocycles. The second-order valence-electron chi connectivity index (χ2n) is 5.35. The first-order valence-corrected chi connectivity index (χ1v) is 7.74. The first kappa shape index (κ1) is 16.1. The molecule has 3 aromatic rings. The van der Waals surface area contributed by atoms with E-state index < -0.39 is 0 Å². The topological polar surface area (TPSA) is 72.8 Å². The van der Waals surface area contributed by atoms with E-state index in [2.05, 4.69) is 25.3 Å². The highest BCUT2D eigenvalue weighted by atomic mass is 35.5. The molecule has 0 fully saturated rings. The van der Waals surface area contributed by atoms with E-state index in [0.29, 0.717) is 17.6 Å². The molecular formula is C17H16ClN5O. The van der Waals surface area contributed by atoms with Gasteiger partial charge < -0.3 is 10.1 Å². The van der Waals surface area contributed by atoms with Crippen molar-refractivity contribution in [1.29, 1.82) is 0 Å². The highest BCUT2D eigenvalue weighted by Gasteiger charge is 2.04. The van der Waals surface area contributed by atoms with Crippen LogP contribution in [-0.4, -0.2) is 19.9 Å². The molecule has 1 N–H and O–H groups in total. The highest BCUT2D eigenvalue weighted by Crippen LogP contribution is 2.23.